The monoisotopic (exact) mass is 404 g/mol. The number of rotatable bonds is 8. The maximum atomic E-state index is 12.2. The Balaban J connectivity index is 2.04. The van der Waals surface area contributed by atoms with Crippen LogP contribution in [-0.4, -0.2) is 40.6 Å². The Bertz CT molecular complexity index is 996. The highest BCUT2D eigenvalue weighted by Gasteiger charge is 2.25. The minimum absolute atomic E-state index is 0.0476. The molecule has 0 aliphatic heterocycles. The average Bonchev–Trinajstić information content (AvgIpc) is 2.66. The molecular weight excluding hydrogens is 380 g/mol. The fourth-order valence-corrected chi connectivity index (χ4v) is 2.90. The molecule has 0 fully saturated rings. The molecule has 2 atom stereocenters. The van der Waals surface area contributed by atoms with Crippen LogP contribution in [0.1, 0.15) is 31.4 Å². The maximum absolute atomic E-state index is 12.2. The molecule has 29 heavy (non-hydrogen) atoms. The van der Waals surface area contributed by atoms with Crippen LogP contribution in [-0.2, 0) is 20.8 Å². The molecule has 1 aromatic heterocycles. The van der Waals surface area contributed by atoms with Gasteiger partial charge in [0.15, 0.2) is 0 Å². The first kappa shape index (κ1) is 21.9. The summed E-state index contributed by atoms with van der Waals surface area (Å²) in [6.07, 6.45) is 0.268. The minimum atomic E-state index is -1.14. The van der Waals surface area contributed by atoms with Gasteiger partial charge in [-0.1, -0.05) is 20.3 Å². The second kappa shape index (κ2) is 9.22. The smallest absolute Gasteiger partial charge is 0.340 e. The summed E-state index contributed by atoms with van der Waals surface area (Å²) in [7, 11) is 0. The summed E-state index contributed by atoms with van der Waals surface area (Å²) in [5.74, 6) is -2.67. The van der Waals surface area contributed by atoms with Crippen LogP contribution < -0.4 is 16.3 Å². The van der Waals surface area contributed by atoms with Gasteiger partial charge in [0.2, 0.25) is 11.8 Å². The lowest BCUT2D eigenvalue weighted by atomic mass is 9.99. The molecule has 2 aromatic rings. The number of aromatic hydroxyl groups is 1. The molecule has 0 radical (unpaired) electrons. The van der Waals surface area contributed by atoms with Crippen molar-refractivity contribution in [1.82, 2.24) is 10.6 Å². The third kappa shape index (κ3) is 5.34. The highest BCUT2D eigenvalue weighted by atomic mass is 16.4. The zero-order valence-electron chi connectivity index (χ0n) is 16.4. The van der Waals surface area contributed by atoms with E-state index in [-0.39, 0.29) is 29.2 Å². The summed E-state index contributed by atoms with van der Waals surface area (Å²) in [6.45, 7) is 4.77. The number of carbonyl (C=O) groups is 3. The molecule has 2 unspecified atom stereocenters. The number of carboxylic acids is 1. The van der Waals surface area contributed by atoms with Crippen LogP contribution in [0.2, 0.25) is 0 Å². The predicted octanol–water partition coefficient (Wildman–Crippen LogP) is 1.08. The highest BCUT2D eigenvalue weighted by Crippen LogP contribution is 2.23. The van der Waals surface area contributed by atoms with Gasteiger partial charge < -0.3 is 25.3 Å². The van der Waals surface area contributed by atoms with Gasteiger partial charge in [0.05, 0.1) is 18.5 Å². The van der Waals surface area contributed by atoms with E-state index in [1.807, 2.05) is 6.92 Å². The number of benzene rings is 1. The molecule has 4 N–H and O–H groups in total. The van der Waals surface area contributed by atoms with Gasteiger partial charge in [-0.25, -0.2) is 9.59 Å². The van der Waals surface area contributed by atoms with Gasteiger partial charge in [0.25, 0.3) is 0 Å². The number of aryl methyl sites for hydroxylation is 1. The molecule has 9 nitrogen and oxygen atoms in total. The lowest BCUT2D eigenvalue weighted by Gasteiger charge is -2.20. The summed E-state index contributed by atoms with van der Waals surface area (Å²) in [4.78, 5) is 47.6. The Morgan fingerprint density at radius 2 is 1.90 bits per heavy atom. The number of hydrogen-bond acceptors (Lipinski definition) is 6. The second-order valence-corrected chi connectivity index (χ2v) is 6.90. The van der Waals surface area contributed by atoms with Crippen LogP contribution in [0.3, 0.4) is 0 Å². The fraction of sp³-hybridized carbons (Fsp3) is 0.400. The number of amides is 2. The zero-order valence-corrected chi connectivity index (χ0v) is 16.4. The molecule has 0 bridgehead atoms. The zero-order chi connectivity index (χ0) is 21.7. The van der Waals surface area contributed by atoms with Crippen LogP contribution >= 0.6 is 0 Å². The molecule has 0 spiro atoms. The Hall–Kier alpha value is -3.36. The normalized spacial score (nSPS) is 12.9. The lowest BCUT2D eigenvalue weighted by molar-refractivity contribution is -0.143. The van der Waals surface area contributed by atoms with Crippen molar-refractivity contribution in [3.05, 3.63) is 39.7 Å². The van der Waals surface area contributed by atoms with Crippen molar-refractivity contribution in [2.24, 2.45) is 5.92 Å². The number of phenolic OH excluding ortho intramolecular Hbond substituents is 1. The molecular formula is C20H24N2O7. The number of nitrogens with one attached hydrogen (secondary N) is 2. The molecule has 2 amide bonds. The second-order valence-electron chi connectivity index (χ2n) is 6.90. The van der Waals surface area contributed by atoms with E-state index in [0.29, 0.717) is 17.4 Å². The third-order valence-electron chi connectivity index (χ3n) is 4.85. The van der Waals surface area contributed by atoms with Crippen molar-refractivity contribution < 1.29 is 29.0 Å². The molecule has 156 valence electrons. The Morgan fingerprint density at radius 1 is 1.21 bits per heavy atom. The minimum Gasteiger partial charge on any atom is -0.508 e. The summed E-state index contributed by atoms with van der Waals surface area (Å²) in [6, 6.07) is 3.29. The standard InChI is InChI=1S/C20H24N2O7/c1-4-10(2)18(19(26)27)22-17(25)9-21-16(24)8-14-11(3)13-6-5-12(23)7-15(13)29-20(14)28/h5-7,10,18,23H,4,8-9H2,1-3H3,(H,21,24)(H,22,25)(H,26,27). The molecule has 2 rings (SSSR count). The summed E-state index contributed by atoms with van der Waals surface area (Å²) in [5, 5.41) is 24.0. The Morgan fingerprint density at radius 3 is 2.52 bits per heavy atom. The Kier molecular flexibility index (Phi) is 6.98. The molecule has 0 aliphatic carbocycles. The van der Waals surface area contributed by atoms with Gasteiger partial charge in [-0.15, -0.1) is 0 Å². The SMILES string of the molecule is CCC(C)C(NC(=O)CNC(=O)Cc1c(C)c2ccc(O)cc2oc1=O)C(=O)O. The average molecular weight is 404 g/mol. The van der Waals surface area contributed by atoms with Crippen LogP contribution in [0, 0.1) is 12.8 Å². The largest absolute Gasteiger partial charge is 0.508 e. The van der Waals surface area contributed by atoms with Crippen LogP contribution in [0.15, 0.2) is 27.4 Å². The molecule has 0 saturated heterocycles. The van der Waals surface area contributed by atoms with Crippen molar-refractivity contribution >= 4 is 28.8 Å². The number of fused-ring (bicyclic) bond motifs is 1. The summed E-state index contributed by atoms with van der Waals surface area (Å²) < 4.78 is 5.16. The van der Waals surface area contributed by atoms with E-state index in [9.17, 15) is 29.4 Å². The highest BCUT2D eigenvalue weighted by molar-refractivity contribution is 5.89. The summed E-state index contributed by atoms with van der Waals surface area (Å²) in [5.41, 5.74) is 0.186. The van der Waals surface area contributed by atoms with Crippen molar-refractivity contribution in [1.29, 1.82) is 0 Å². The van der Waals surface area contributed by atoms with E-state index in [2.05, 4.69) is 10.6 Å². The van der Waals surface area contributed by atoms with Crippen molar-refractivity contribution in [3.8, 4) is 5.75 Å². The van der Waals surface area contributed by atoms with Crippen molar-refractivity contribution in [2.75, 3.05) is 6.54 Å². The first-order valence-electron chi connectivity index (χ1n) is 9.18. The van der Waals surface area contributed by atoms with Crippen LogP contribution in [0.5, 0.6) is 5.75 Å². The lowest BCUT2D eigenvalue weighted by Crippen LogP contribution is -2.48. The van der Waals surface area contributed by atoms with Gasteiger partial charge in [-0.05, 0) is 30.5 Å². The van der Waals surface area contributed by atoms with E-state index in [1.54, 1.807) is 19.9 Å². The van der Waals surface area contributed by atoms with E-state index >= 15 is 0 Å². The maximum Gasteiger partial charge on any atom is 0.340 e. The molecule has 0 aliphatic rings. The number of carbonyl (C=O) groups excluding carboxylic acids is 2. The number of carboxylic acid groups (broad SMARTS) is 1. The predicted molar refractivity (Wildman–Crippen MR) is 105 cm³/mol. The van der Waals surface area contributed by atoms with Crippen molar-refractivity contribution in [2.45, 2.75) is 39.7 Å². The quantitative estimate of drug-likeness (QED) is 0.482. The van der Waals surface area contributed by atoms with E-state index in [0.717, 1.165) is 0 Å². The van der Waals surface area contributed by atoms with E-state index < -0.39 is 36.0 Å². The molecule has 1 heterocycles. The number of aliphatic carboxylic acids is 1. The number of hydrogen-bond donors (Lipinski definition) is 4. The van der Waals surface area contributed by atoms with Gasteiger partial charge >= 0.3 is 11.6 Å². The van der Waals surface area contributed by atoms with E-state index in [4.69, 9.17) is 4.42 Å². The topological polar surface area (TPSA) is 146 Å². The first-order valence-corrected chi connectivity index (χ1v) is 9.18. The van der Waals surface area contributed by atoms with Gasteiger partial charge in [-0.3, -0.25) is 9.59 Å². The van der Waals surface area contributed by atoms with E-state index in [1.165, 1.54) is 12.1 Å². The van der Waals surface area contributed by atoms with Crippen LogP contribution in [0.4, 0.5) is 0 Å². The van der Waals surface area contributed by atoms with Crippen LogP contribution in [0.25, 0.3) is 11.0 Å². The van der Waals surface area contributed by atoms with Gasteiger partial charge in [0.1, 0.15) is 17.4 Å². The molecule has 1 aromatic carbocycles. The number of phenols is 1. The summed E-state index contributed by atoms with van der Waals surface area (Å²) >= 11 is 0. The fourth-order valence-electron chi connectivity index (χ4n) is 2.90. The first-order chi connectivity index (χ1) is 13.6. The molecule has 9 heteroatoms. The van der Waals surface area contributed by atoms with Gasteiger partial charge in [-0.2, -0.15) is 0 Å². The molecule has 0 saturated carbocycles. The van der Waals surface area contributed by atoms with Crippen molar-refractivity contribution in [3.63, 3.8) is 0 Å². The van der Waals surface area contributed by atoms with Gasteiger partial charge in [0, 0.05) is 11.5 Å². The Labute approximate surface area is 166 Å². The third-order valence-corrected chi connectivity index (χ3v) is 4.85.